The average molecular weight is 516 g/mol. The fraction of sp³-hybridized carbons (Fsp3) is 0.290. The molecule has 1 aromatic heterocycles. The van der Waals surface area contributed by atoms with Crippen LogP contribution in [-0.2, 0) is 6.42 Å². The van der Waals surface area contributed by atoms with Crippen LogP contribution in [0.4, 0.5) is 4.39 Å². The molecule has 6 nitrogen and oxygen atoms in total. The van der Waals surface area contributed by atoms with Crippen LogP contribution in [0.25, 0.3) is 11.0 Å². The van der Waals surface area contributed by atoms with E-state index in [0.717, 1.165) is 18.1 Å². The Morgan fingerprint density at radius 1 is 1.00 bits per heavy atom. The number of rotatable bonds is 9. The molecule has 0 saturated heterocycles. The number of amides is 1. The van der Waals surface area contributed by atoms with Crippen LogP contribution < -0.4 is 14.9 Å². The lowest BCUT2D eigenvalue weighted by atomic mass is 9.97. The number of carbonyl (C=O) groups excluding carboxylic acids is 1. The molecule has 0 spiro atoms. The molecule has 0 fully saturated rings. The van der Waals surface area contributed by atoms with Crippen LogP contribution in [0.1, 0.15) is 53.6 Å². The molecule has 1 unspecified atom stereocenters. The Balaban J connectivity index is 1.59. The number of hydrogen-bond acceptors (Lipinski definition) is 5. The molecule has 38 heavy (non-hydrogen) atoms. The fourth-order valence-corrected chi connectivity index (χ4v) is 4.84. The van der Waals surface area contributed by atoms with Gasteiger partial charge in [-0.2, -0.15) is 0 Å². The van der Waals surface area contributed by atoms with Crippen LogP contribution in [-0.4, -0.2) is 31.1 Å². The molecular formula is C31H30FNO5. The summed E-state index contributed by atoms with van der Waals surface area (Å²) in [6.07, 6.45) is 1.49. The lowest BCUT2D eigenvalue weighted by Gasteiger charge is -2.26. The lowest BCUT2D eigenvalue weighted by molar-refractivity contribution is 0.0730. The Hall–Kier alpha value is -4.13. The topological polar surface area (TPSA) is 69.0 Å². The van der Waals surface area contributed by atoms with E-state index in [9.17, 15) is 14.0 Å². The molecule has 1 atom stereocenters. The minimum absolute atomic E-state index is 0.0107. The predicted octanol–water partition coefficient (Wildman–Crippen LogP) is 6.15. The molecule has 0 N–H and O–H groups in total. The maximum Gasteiger partial charge on any atom is 0.290 e. The summed E-state index contributed by atoms with van der Waals surface area (Å²) >= 11 is 0. The number of nitrogens with zero attached hydrogens (tertiary/aromatic N) is 1. The standard InChI is InChI=1S/C31H30FNO5/c1-19(2)14-16-37-25-11-9-21(17-26(25)36-3)28-27-29(34)23-18-22(32)10-12-24(23)38-30(27)31(35)33(28)15-13-20-7-5-4-6-8-20/h4-12,17-19,28H,13-16H2,1-3H3. The number of methoxy groups -OCH3 is 1. The molecule has 2 heterocycles. The number of benzene rings is 3. The van der Waals surface area contributed by atoms with E-state index < -0.39 is 17.3 Å². The molecule has 0 saturated carbocycles. The summed E-state index contributed by atoms with van der Waals surface area (Å²) in [4.78, 5) is 29.0. The van der Waals surface area contributed by atoms with E-state index in [1.807, 2.05) is 36.4 Å². The van der Waals surface area contributed by atoms with E-state index in [-0.39, 0.29) is 28.2 Å². The van der Waals surface area contributed by atoms with Gasteiger partial charge in [0.15, 0.2) is 16.9 Å². The Morgan fingerprint density at radius 3 is 2.53 bits per heavy atom. The summed E-state index contributed by atoms with van der Waals surface area (Å²) in [5, 5.41) is 0.104. The summed E-state index contributed by atoms with van der Waals surface area (Å²) in [5.74, 6) is 0.662. The molecule has 1 amide bonds. The molecule has 7 heteroatoms. The van der Waals surface area contributed by atoms with Gasteiger partial charge in [0.2, 0.25) is 5.76 Å². The Labute approximate surface area is 220 Å². The van der Waals surface area contributed by atoms with Crippen LogP contribution in [0.5, 0.6) is 11.5 Å². The van der Waals surface area contributed by atoms with Crippen molar-refractivity contribution in [3.8, 4) is 11.5 Å². The first-order valence-corrected chi connectivity index (χ1v) is 12.8. The van der Waals surface area contributed by atoms with Gasteiger partial charge in [-0.25, -0.2) is 4.39 Å². The van der Waals surface area contributed by atoms with E-state index in [4.69, 9.17) is 13.9 Å². The number of halogens is 1. The van der Waals surface area contributed by atoms with Gasteiger partial charge in [-0.1, -0.05) is 50.2 Å². The second kappa shape index (κ2) is 10.7. The van der Waals surface area contributed by atoms with Crippen molar-refractivity contribution in [1.29, 1.82) is 0 Å². The van der Waals surface area contributed by atoms with E-state index in [2.05, 4.69) is 13.8 Å². The van der Waals surface area contributed by atoms with Crippen molar-refractivity contribution in [3.63, 3.8) is 0 Å². The highest BCUT2D eigenvalue weighted by atomic mass is 19.1. The van der Waals surface area contributed by atoms with Crippen molar-refractivity contribution in [1.82, 2.24) is 4.90 Å². The number of hydrogen-bond donors (Lipinski definition) is 0. The smallest absolute Gasteiger partial charge is 0.290 e. The lowest BCUT2D eigenvalue weighted by Crippen LogP contribution is -2.31. The highest BCUT2D eigenvalue weighted by Gasteiger charge is 2.42. The maximum atomic E-state index is 14.1. The Bertz CT molecular complexity index is 1530. The zero-order chi connectivity index (χ0) is 26.8. The SMILES string of the molecule is COc1cc(C2c3c(oc4ccc(F)cc4c3=O)C(=O)N2CCc2ccccc2)ccc1OCCC(C)C. The van der Waals surface area contributed by atoms with Crippen LogP contribution in [0.3, 0.4) is 0 Å². The van der Waals surface area contributed by atoms with E-state index in [1.165, 1.54) is 12.1 Å². The van der Waals surface area contributed by atoms with Crippen molar-refractivity contribution in [3.05, 3.63) is 105 Å². The first-order valence-electron chi connectivity index (χ1n) is 12.8. The molecular weight excluding hydrogens is 485 g/mol. The van der Waals surface area contributed by atoms with Crippen LogP contribution in [0.2, 0.25) is 0 Å². The zero-order valence-corrected chi connectivity index (χ0v) is 21.7. The maximum absolute atomic E-state index is 14.1. The van der Waals surface area contributed by atoms with Crippen LogP contribution >= 0.6 is 0 Å². The second-order valence-electron chi connectivity index (χ2n) is 9.89. The molecule has 3 aromatic carbocycles. The van der Waals surface area contributed by atoms with Gasteiger partial charge in [0, 0.05) is 6.54 Å². The van der Waals surface area contributed by atoms with E-state index >= 15 is 0 Å². The van der Waals surface area contributed by atoms with Gasteiger partial charge in [-0.15, -0.1) is 0 Å². The first-order chi connectivity index (χ1) is 18.4. The van der Waals surface area contributed by atoms with Gasteiger partial charge in [0.1, 0.15) is 11.4 Å². The average Bonchev–Trinajstić information content (AvgIpc) is 3.20. The molecule has 0 bridgehead atoms. The van der Waals surface area contributed by atoms with Crippen LogP contribution in [0, 0.1) is 11.7 Å². The van der Waals surface area contributed by atoms with Crippen molar-refractivity contribution in [2.75, 3.05) is 20.3 Å². The van der Waals surface area contributed by atoms with Gasteiger partial charge in [-0.3, -0.25) is 9.59 Å². The predicted molar refractivity (Wildman–Crippen MR) is 143 cm³/mol. The number of carbonyl (C=O) groups is 1. The highest BCUT2D eigenvalue weighted by Crippen LogP contribution is 2.41. The number of ether oxygens (including phenoxy) is 2. The minimum atomic E-state index is -0.719. The van der Waals surface area contributed by atoms with Gasteiger partial charge in [0.05, 0.1) is 30.7 Å². The molecule has 5 rings (SSSR count). The largest absolute Gasteiger partial charge is 0.493 e. The Kier molecular flexibility index (Phi) is 7.18. The van der Waals surface area contributed by atoms with Crippen molar-refractivity contribution >= 4 is 16.9 Å². The minimum Gasteiger partial charge on any atom is -0.493 e. The third-order valence-electron chi connectivity index (χ3n) is 6.87. The quantitative estimate of drug-likeness (QED) is 0.267. The molecule has 0 radical (unpaired) electrons. The summed E-state index contributed by atoms with van der Waals surface area (Å²) in [5.41, 5.74) is 1.71. The Morgan fingerprint density at radius 2 is 1.79 bits per heavy atom. The summed E-state index contributed by atoms with van der Waals surface area (Å²) < 4.78 is 31.6. The van der Waals surface area contributed by atoms with Gasteiger partial charge < -0.3 is 18.8 Å². The van der Waals surface area contributed by atoms with Crippen molar-refractivity contribution in [2.24, 2.45) is 5.92 Å². The summed E-state index contributed by atoms with van der Waals surface area (Å²) in [6, 6.07) is 18.3. The monoisotopic (exact) mass is 515 g/mol. The third kappa shape index (κ3) is 4.88. The van der Waals surface area contributed by atoms with Gasteiger partial charge >= 0.3 is 0 Å². The summed E-state index contributed by atoms with van der Waals surface area (Å²) in [7, 11) is 1.56. The summed E-state index contributed by atoms with van der Waals surface area (Å²) in [6.45, 7) is 5.16. The normalized spacial score (nSPS) is 14.8. The van der Waals surface area contributed by atoms with Crippen molar-refractivity contribution in [2.45, 2.75) is 32.7 Å². The fourth-order valence-electron chi connectivity index (χ4n) is 4.84. The molecule has 1 aliphatic heterocycles. The molecule has 1 aliphatic rings. The molecule has 4 aromatic rings. The zero-order valence-electron chi connectivity index (χ0n) is 21.7. The number of fused-ring (bicyclic) bond motifs is 2. The molecule has 0 aliphatic carbocycles. The van der Waals surface area contributed by atoms with Crippen LogP contribution in [0.15, 0.2) is 75.9 Å². The highest BCUT2D eigenvalue weighted by molar-refractivity contribution is 5.99. The van der Waals surface area contributed by atoms with E-state index in [1.54, 1.807) is 24.1 Å². The van der Waals surface area contributed by atoms with E-state index in [0.29, 0.717) is 42.6 Å². The van der Waals surface area contributed by atoms with Gasteiger partial charge in [0.25, 0.3) is 5.91 Å². The third-order valence-corrected chi connectivity index (χ3v) is 6.87. The van der Waals surface area contributed by atoms with Crippen molar-refractivity contribution < 1.29 is 23.1 Å². The molecule has 196 valence electrons. The van der Waals surface area contributed by atoms with Gasteiger partial charge in [-0.05, 0) is 60.2 Å². The second-order valence-corrected chi connectivity index (χ2v) is 9.89. The first kappa shape index (κ1) is 25.5.